The molecule has 0 radical (unpaired) electrons. The smallest absolute Gasteiger partial charge is 0.258 e. The van der Waals surface area contributed by atoms with Gasteiger partial charge in [0, 0.05) is 12.0 Å². The van der Waals surface area contributed by atoms with Crippen LogP contribution >= 0.6 is 0 Å². The molecule has 2 aromatic rings. The number of carbonyl (C=O) groups is 1. The Hall–Kier alpha value is -2.49. The molecule has 1 aliphatic heterocycles. The van der Waals surface area contributed by atoms with Gasteiger partial charge in [0.2, 0.25) is 0 Å². The van der Waals surface area contributed by atoms with Gasteiger partial charge in [-0.25, -0.2) is 0 Å². The molecule has 132 valence electrons. The highest BCUT2D eigenvalue weighted by Crippen LogP contribution is 2.32. The first-order valence-corrected chi connectivity index (χ1v) is 8.78. The Balaban J connectivity index is 1.61. The normalized spacial score (nSPS) is 16.1. The van der Waals surface area contributed by atoms with Crippen LogP contribution < -0.4 is 14.8 Å². The molecule has 1 aliphatic rings. The number of hydrogen-bond acceptors (Lipinski definition) is 3. The van der Waals surface area contributed by atoms with Gasteiger partial charge in [-0.3, -0.25) is 4.79 Å². The van der Waals surface area contributed by atoms with Crippen LogP contribution in [0.3, 0.4) is 0 Å². The van der Waals surface area contributed by atoms with E-state index in [1.165, 1.54) is 5.56 Å². The van der Waals surface area contributed by atoms with Gasteiger partial charge in [0.15, 0.2) is 6.61 Å². The van der Waals surface area contributed by atoms with Crippen molar-refractivity contribution in [3.8, 4) is 11.5 Å². The number of fused-ring (bicyclic) bond motifs is 1. The fraction of sp³-hybridized carbons (Fsp3) is 0.381. The number of ether oxygens (including phenoxy) is 2. The Bertz CT molecular complexity index is 755. The highest BCUT2D eigenvalue weighted by Gasteiger charge is 2.23. The summed E-state index contributed by atoms with van der Waals surface area (Å²) >= 11 is 0. The number of amides is 1. The summed E-state index contributed by atoms with van der Waals surface area (Å²) in [6, 6.07) is 13.9. The monoisotopic (exact) mass is 339 g/mol. The van der Waals surface area contributed by atoms with Gasteiger partial charge in [0.1, 0.15) is 11.5 Å². The summed E-state index contributed by atoms with van der Waals surface area (Å²) in [5, 5.41) is 3.07. The second kappa shape index (κ2) is 7.60. The first-order valence-electron chi connectivity index (χ1n) is 8.78. The van der Waals surface area contributed by atoms with E-state index in [0.717, 1.165) is 29.0 Å². The maximum absolute atomic E-state index is 12.3. The zero-order chi connectivity index (χ0) is 17.8. The van der Waals surface area contributed by atoms with Gasteiger partial charge in [-0.05, 0) is 36.6 Å². The van der Waals surface area contributed by atoms with E-state index in [2.05, 4.69) is 31.3 Å². The molecule has 0 fully saturated rings. The summed E-state index contributed by atoms with van der Waals surface area (Å²) in [4.78, 5) is 12.3. The van der Waals surface area contributed by atoms with Crippen molar-refractivity contribution in [1.29, 1.82) is 0 Å². The number of nitrogens with one attached hydrogen (secondary N) is 1. The van der Waals surface area contributed by atoms with Crippen LogP contribution in [-0.2, 0) is 4.79 Å². The maximum Gasteiger partial charge on any atom is 0.258 e. The maximum atomic E-state index is 12.3. The third kappa shape index (κ3) is 4.32. The molecule has 4 heteroatoms. The Morgan fingerprint density at radius 3 is 2.92 bits per heavy atom. The van der Waals surface area contributed by atoms with Gasteiger partial charge in [-0.1, -0.05) is 43.7 Å². The van der Waals surface area contributed by atoms with Crippen molar-refractivity contribution in [2.24, 2.45) is 0 Å². The van der Waals surface area contributed by atoms with Crippen LogP contribution in [0, 0.1) is 6.92 Å². The fourth-order valence-corrected chi connectivity index (χ4v) is 3.01. The van der Waals surface area contributed by atoms with Crippen molar-refractivity contribution in [2.45, 2.75) is 39.2 Å². The van der Waals surface area contributed by atoms with Gasteiger partial charge >= 0.3 is 0 Å². The second-order valence-electron chi connectivity index (χ2n) is 6.81. The van der Waals surface area contributed by atoms with Crippen molar-refractivity contribution in [1.82, 2.24) is 5.32 Å². The molecular formula is C21H25NO3. The summed E-state index contributed by atoms with van der Waals surface area (Å²) in [5.74, 6) is 1.89. The molecule has 3 rings (SSSR count). The first kappa shape index (κ1) is 17.3. The molecular weight excluding hydrogens is 314 g/mol. The summed E-state index contributed by atoms with van der Waals surface area (Å²) < 4.78 is 11.3. The Morgan fingerprint density at radius 2 is 2.12 bits per heavy atom. The largest absolute Gasteiger partial charge is 0.493 e. The Kier molecular flexibility index (Phi) is 5.27. The van der Waals surface area contributed by atoms with E-state index in [1.807, 2.05) is 37.3 Å². The van der Waals surface area contributed by atoms with Gasteiger partial charge in [-0.15, -0.1) is 0 Å². The molecule has 0 bridgehead atoms. The van der Waals surface area contributed by atoms with E-state index in [9.17, 15) is 4.79 Å². The van der Waals surface area contributed by atoms with Gasteiger partial charge < -0.3 is 14.8 Å². The number of carbonyl (C=O) groups excluding carboxylic acids is 1. The molecule has 1 atom stereocenters. The average Bonchev–Trinajstić information content (AvgIpc) is 2.61. The van der Waals surface area contributed by atoms with Gasteiger partial charge in [0.25, 0.3) is 5.91 Å². The number of rotatable bonds is 5. The van der Waals surface area contributed by atoms with Crippen LogP contribution in [0.2, 0.25) is 0 Å². The molecule has 1 N–H and O–H groups in total. The van der Waals surface area contributed by atoms with Crippen molar-refractivity contribution in [2.75, 3.05) is 13.2 Å². The van der Waals surface area contributed by atoms with Crippen LogP contribution in [-0.4, -0.2) is 19.1 Å². The van der Waals surface area contributed by atoms with E-state index >= 15 is 0 Å². The van der Waals surface area contributed by atoms with Crippen molar-refractivity contribution in [3.63, 3.8) is 0 Å². The standard InChI is InChI=1S/C21H25NO3/c1-14(2)16-5-4-6-17(12-16)25-13-21(23)22-19-9-10-24-20-8-7-15(3)11-18(19)20/h4-8,11-12,14,19H,9-10,13H2,1-3H3,(H,22,23). The topological polar surface area (TPSA) is 47.6 Å². The predicted molar refractivity (Wildman–Crippen MR) is 98.2 cm³/mol. The fourth-order valence-electron chi connectivity index (χ4n) is 3.01. The minimum Gasteiger partial charge on any atom is -0.493 e. The van der Waals surface area contributed by atoms with Crippen molar-refractivity contribution in [3.05, 3.63) is 59.2 Å². The van der Waals surface area contributed by atoms with Gasteiger partial charge in [0.05, 0.1) is 12.6 Å². The molecule has 2 aromatic carbocycles. The number of hydrogen-bond donors (Lipinski definition) is 1. The first-order chi connectivity index (χ1) is 12.0. The molecule has 1 amide bonds. The third-order valence-corrected chi connectivity index (χ3v) is 4.43. The van der Waals surface area contributed by atoms with Crippen LogP contribution in [0.5, 0.6) is 11.5 Å². The van der Waals surface area contributed by atoms with E-state index in [-0.39, 0.29) is 18.6 Å². The zero-order valence-electron chi connectivity index (χ0n) is 15.0. The van der Waals surface area contributed by atoms with E-state index in [4.69, 9.17) is 9.47 Å². The lowest BCUT2D eigenvalue weighted by Gasteiger charge is -2.27. The molecule has 1 unspecified atom stereocenters. The van der Waals surface area contributed by atoms with E-state index < -0.39 is 0 Å². The number of benzene rings is 2. The molecule has 4 nitrogen and oxygen atoms in total. The van der Waals surface area contributed by atoms with E-state index in [0.29, 0.717) is 12.5 Å². The molecule has 1 heterocycles. The summed E-state index contributed by atoms with van der Waals surface area (Å²) in [6.07, 6.45) is 0.769. The summed E-state index contributed by atoms with van der Waals surface area (Å²) in [7, 11) is 0. The SMILES string of the molecule is Cc1ccc2c(c1)C(NC(=O)COc1cccc(C(C)C)c1)CCO2. The quantitative estimate of drug-likeness (QED) is 0.891. The molecule has 0 saturated heterocycles. The molecule has 0 spiro atoms. The van der Waals surface area contributed by atoms with Crippen LogP contribution in [0.15, 0.2) is 42.5 Å². The van der Waals surface area contributed by atoms with E-state index in [1.54, 1.807) is 0 Å². The minimum absolute atomic E-state index is 0.0139. The third-order valence-electron chi connectivity index (χ3n) is 4.43. The lowest BCUT2D eigenvalue weighted by Crippen LogP contribution is -2.35. The Morgan fingerprint density at radius 1 is 1.28 bits per heavy atom. The molecule has 25 heavy (non-hydrogen) atoms. The lowest BCUT2D eigenvalue weighted by molar-refractivity contribution is -0.124. The highest BCUT2D eigenvalue weighted by molar-refractivity contribution is 5.78. The lowest BCUT2D eigenvalue weighted by atomic mass is 9.98. The highest BCUT2D eigenvalue weighted by atomic mass is 16.5. The minimum atomic E-state index is -0.116. The molecule has 0 aromatic heterocycles. The molecule has 0 aliphatic carbocycles. The van der Waals surface area contributed by atoms with Crippen molar-refractivity contribution < 1.29 is 14.3 Å². The van der Waals surface area contributed by atoms with Crippen molar-refractivity contribution >= 4 is 5.91 Å². The predicted octanol–water partition coefficient (Wildman–Crippen LogP) is 4.14. The summed E-state index contributed by atoms with van der Waals surface area (Å²) in [6.45, 7) is 6.93. The molecule has 0 saturated carbocycles. The van der Waals surface area contributed by atoms with Gasteiger partial charge in [-0.2, -0.15) is 0 Å². The second-order valence-corrected chi connectivity index (χ2v) is 6.81. The average molecular weight is 339 g/mol. The van der Waals surface area contributed by atoms with Crippen LogP contribution in [0.25, 0.3) is 0 Å². The van der Waals surface area contributed by atoms with Crippen LogP contribution in [0.4, 0.5) is 0 Å². The van der Waals surface area contributed by atoms with Crippen LogP contribution in [0.1, 0.15) is 48.9 Å². The number of aryl methyl sites for hydroxylation is 1. The zero-order valence-corrected chi connectivity index (χ0v) is 15.0. The summed E-state index contributed by atoms with van der Waals surface area (Å²) in [5.41, 5.74) is 3.40. The Labute approximate surface area is 149 Å².